The molecule has 0 bridgehead atoms. The van der Waals surface area contributed by atoms with Gasteiger partial charge in [0, 0.05) is 23.3 Å². The quantitative estimate of drug-likeness (QED) is 0.595. The van der Waals surface area contributed by atoms with E-state index in [-0.39, 0.29) is 5.60 Å². The van der Waals surface area contributed by atoms with E-state index in [0.29, 0.717) is 18.1 Å². The molecule has 3 heteroatoms. The Bertz CT molecular complexity index is 897. The second kappa shape index (κ2) is 7.10. The molecule has 2 saturated heterocycles. The first kappa shape index (κ1) is 20.1. The first-order chi connectivity index (χ1) is 14.4. The highest BCUT2D eigenvalue weighted by Crippen LogP contribution is 2.65. The third-order valence-electron chi connectivity index (χ3n) is 8.98. The van der Waals surface area contributed by atoms with E-state index >= 15 is 0 Å². The van der Waals surface area contributed by atoms with E-state index < -0.39 is 0 Å². The molecule has 0 unspecified atom stereocenters. The van der Waals surface area contributed by atoms with Crippen LogP contribution in [0, 0.1) is 17.8 Å². The number of ether oxygens (including phenoxy) is 2. The van der Waals surface area contributed by atoms with Gasteiger partial charge in [0.05, 0.1) is 20.3 Å². The molecule has 2 heterocycles. The van der Waals surface area contributed by atoms with Crippen molar-refractivity contribution in [3.8, 4) is 5.75 Å². The van der Waals surface area contributed by atoms with Crippen LogP contribution in [-0.4, -0.2) is 35.8 Å². The number of hydrogen-bond acceptors (Lipinski definition) is 2. The van der Waals surface area contributed by atoms with Crippen molar-refractivity contribution >= 4 is 0 Å². The predicted molar refractivity (Wildman–Crippen MR) is 120 cm³/mol. The lowest BCUT2D eigenvalue weighted by atomic mass is 9.76. The number of benzene rings is 2. The van der Waals surface area contributed by atoms with Crippen molar-refractivity contribution in [3.05, 3.63) is 65.7 Å². The molecule has 3 aliphatic rings. The Labute approximate surface area is 181 Å². The van der Waals surface area contributed by atoms with Gasteiger partial charge in [-0.05, 0) is 44.4 Å². The maximum absolute atomic E-state index is 6.82. The van der Waals surface area contributed by atoms with Gasteiger partial charge in [-0.25, -0.2) is 0 Å². The second-order valence-electron chi connectivity index (χ2n) is 10.5. The average molecular weight is 407 g/mol. The van der Waals surface area contributed by atoms with Crippen molar-refractivity contribution in [2.45, 2.75) is 57.9 Å². The summed E-state index contributed by atoms with van der Waals surface area (Å²) in [4.78, 5) is 0. The van der Waals surface area contributed by atoms with E-state index in [0.717, 1.165) is 30.7 Å². The molecule has 160 valence electrons. The smallest absolute Gasteiger partial charge is 0.123 e. The molecule has 0 spiro atoms. The molecular weight excluding hydrogens is 370 g/mol. The van der Waals surface area contributed by atoms with E-state index in [1.54, 1.807) is 7.11 Å². The van der Waals surface area contributed by atoms with Crippen LogP contribution in [0.25, 0.3) is 0 Å². The first-order valence-electron chi connectivity index (χ1n) is 11.6. The lowest BCUT2D eigenvalue weighted by Crippen LogP contribution is -2.57. The van der Waals surface area contributed by atoms with Crippen molar-refractivity contribution in [2.24, 2.45) is 17.8 Å². The lowest BCUT2D eigenvalue weighted by Gasteiger charge is -2.43. The van der Waals surface area contributed by atoms with Crippen LogP contribution in [0.4, 0.5) is 0 Å². The van der Waals surface area contributed by atoms with Gasteiger partial charge < -0.3 is 14.0 Å². The lowest BCUT2D eigenvalue weighted by molar-refractivity contribution is -0.967. The van der Waals surface area contributed by atoms with Gasteiger partial charge in [-0.1, -0.05) is 49.4 Å². The van der Waals surface area contributed by atoms with Crippen LogP contribution in [0.2, 0.25) is 0 Å². The number of hydrogen-bond donors (Lipinski definition) is 0. The third kappa shape index (κ3) is 2.85. The Morgan fingerprint density at radius 1 is 0.967 bits per heavy atom. The van der Waals surface area contributed by atoms with Crippen molar-refractivity contribution in [1.29, 1.82) is 0 Å². The summed E-state index contributed by atoms with van der Waals surface area (Å²) in [6.45, 7) is 11.7. The Morgan fingerprint density at radius 2 is 1.70 bits per heavy atom. The highest BCUT2D eigenvalue weighted by Gasteiger charge is 2.76. The fourth-order valence-electron chi connectivity index (χ4n) is 7.82. The summed E-state index contributed by atoms with van der Waals surface area (Å²) < 4.78 is 13.3. The van der Waals surface area contributed by atoms with Crippen LogP contribution in [0.15, 0.2) is 54.6 Å². The van der Waals surface area contributed by atoms with Crippen molar-refractivity contribution < 1.29 is 14.0 Å². The van der Waals surface area contributed by atoms with E-state index in [1.165, 1.54) is 35.0 Å². The van der Waals surface area contributed by atoms with Gasteiger partial charge >= 0.3 is 0 Å². The summed E-state index contributed by atoms with van der Waals surface area (Å²) in [5, 5.41) is 0. The molecule has 2 aliphatic heterocycles. The minimum Gasteiger partial charge on any atom is -0.497 e. The largest absolute Gasteiger partial charge is 0.497 e. The van der Waals surface area contributed by atoms with Crippen LogP contribution in [-0.2, 0) is 17.9 Å². The molecule has 0 N–H and O–H groups in total. The molecule has 0 aromatic heterocycles. The van der Waals surface area contributed by atoms with Gasteiger partial charge in [0.15, 0.2) is 0 Å². The molecule has 2 aromatic rings. The minimum atomic E-state index is -0.0711. The molecule has 0 radical (unpaired) electrons. The van der Waals surface area contributed by atoms with Crippen LogP contribution >= 0.6 is 0 Å². The van der Waals surface area contributed by atoms with Gasteiger partial charge in [0.2, 0.25) is 0 Å². The number of quaternary nitrogens is 1. The Balaban J connectivity index is 1.43. The SMILES string of the molecule is COc1ccc(CO[C@]2(C)C[N@+]3(Cc4ccccc4)C[C@@H](C)[C@@H]4CC[C@H]2[C@@]43C)cc1. The molecule has 5 rings (SSSR count). The Hall–Kier alpha value is -1.84. The zero-order chi connectivity index (χ0) is 21.0. The van der Waals surface area contributed by atoms with E-state index in [1.807, 2.05) is 12.1 Å². The maximum atomic E-state index is 6.82. The van der Waals surface area contributed by atoms with Crippen LogP contribution in [0.5, 0.6) is 5.75 Å². The maximum Gasteiger partial charge on any atom is 0.123 e. The zero-order valence-electron chi connectivity index (χ0n) is 18.9. The normalized spacial score (nSPS) is 39.3. The van der Waals surface area contributed by atoms with Crippen molar-refractivity contribution in [1.82, 2.24) is 0 Å². The van der Waals surface area contributed by atoms with Crippen molar-refractivity contribution in [2.75, 3.05) is 20.2 Å². The summed E-state index contributed by atoms with van der Waals surface area (Å²) >= 11 is 0. The molecule has 1 saturated carbocycles. The average Bonchev–Trinajstić information content (AvgIpc) is 3.28. The third-order valence-corrected chi connectivity index (χ3v) is 8.98. The highest BCUT2D eigenvalue weighted by molar-refractivity contribution is 5.27. The molecule has 1 aliphatic carbocycles. The van der Waals surface area contributed by atoms with Gasteiger partial charge in [-0.2, -0.15) is 0 Å². The fourth-order valence-corrected chi connectivity index (χ4v) is 7.82. The molecule has 6 atom stereocenters. The van der Waals surface area contributed by atoms with Gasteiger partial charge in [0.1, 0.15) is 30.0 Å². The molecular formula is C27H36NO2+. The van der Waals surface area contributed by atoms with E-state index in [2.05, 4.69) is 63.2 Å². The van der Waals surface area contributed by atoms with Gasteiger partial charge in [-0.15, -0.1) is 0 Å². The number of nitrogens with zero attached hydrogens (tertiary/aromatic N) is 1. The van der Waals surface area contributed by atoms with Crippen LogP contribution in [0.1, 0.15) is 44.7 Å². The van der Waals surface area contributed by atoms with Crippen LogP contribution in [0.3, 0.4) is 0 Å². The number of methoxy groups -OCH3 is 1. The van der Waals surface area contributed by atoms with Gasteiger partial charge in [-0.3, -0.25) is 0 Å². The molecule has 3 fully saturated rings. The van der Waals surface area contributed by atoms with E-state index in [4.69, 9.17) is 9.47 Å². The Morgan fingerprint density at radius 3 is 2.40 bits per heavy atom. The minimum absolute atomic E-state index is 0.0711. The topological polar surface area (TPSA) is 18.5 Å². The molecule has 0 amide bonds. The summed E-state index contributed by atoms with van der Waals surface area (Å²) in [5.74, 6) is 3.15. The van der Waals surface area contributed by atoms with Crippen molar-refractivity contribution in [3.63, 3.8) is 0 Å². The summed E-state index contributed by atoms with van der Waals surface area (Å²) in [6, 6.07) is 19.5. The van der Waals surface area contributed by atoms with Gasteiger partial charge in [0.25, 0.3) is 0 Å². The monoisotopic (exact) mass is 406 g/mol. The van der Waals surface area contributed by atoms with E-state index in [9.17, 15) is 0 Å². The summed E-state index contributed by atoms with van der Waals surface area (Å²) in [6.07, 6.45) is 2.66. The standard InChI is InChI=1S/C27H36NO2/c1-20-16-28(17-21-8-6-5-7-9-21)19-26(2,25-15-14-24(20)27(25,28)3)30-18-22-10-12-23(29-4)13-11-22/h5-13,20,24-25H,14-19H2,1-4H3/q+1/t20-,24+,25-,26-,27-,28-/m1/s1. The molecule has 3 nitrogen and oxygen atoms in total. The van der Waals surface area contributed by atoms with Crippen LogP contribution < -0.4 is 4.74 Å². The first-order valence-corrected chi connectivity index (χ1v) is 11.6. The second-order valence-corrected chi connectivity index (χ2v) is 10.5. The zero-order valence-corrected chi connectivity index (χ0v) is 18.9. The highest BCUT2D eigenvalue weighted by atomic mass is 16.5. The molecule has 2 aromatic carbocycles. The Kier molecular flexibility index (Phi) is 4.75. The summed E-state index contributed by atoms with van der Waals surface area (Å²) in [7, 11) is 1.71. The molecule has 30 heavy (non-hydrogen) atoms. The fraction of sp³-hybridized carbons (Fsp3) is 0.556. The number of rotatable bonds is 6. The predicted octanol–water partition coefficient (Wildman–Crippen LogP) is 5.44. The summed E-state index contributed by atoms with van der Waals surface area (Å²) in [5.41, 5.74) is 2.95.